The summed E-state index contributed by atoms with van der Waals surface area (Å²) in [7, 11) is -3.45. The molecule has 0 aromatic heterocycles. The van der Waals surface area contributed by atoms with E-state index in [2.05, 4.69) is 109 Å². The first-order chi connectivity index (χ1) is 10.8. The first-order valence-corrected chi connectivity index (χ1v) is 15.6. The van der Waals surface area contributed by atoms with E-state index in [1.165, 1.54) is 0 Å². The predicted molar refractivity (Wildman–Crippen MR) is 156 cm³/mol. The second-order valence-electron chi connectivity index (χ2n) is 12.1. The van der Waals surface area contributed by atoms with Gasteiger partial charge in [-0.3, -0.25) is 0 Å². The van der Waals surface area contributed by atoms with Gasteiger partial charge >= 0.3 is 47.8 Å². The first-order valence-electron chi connectivity index (χ1n) is 9.79. The molecule has 0 heterocycles. The van der Waals surface area contributed by atoms with Gasteiger partial charge in [0.1, 0.15) is 0 Å². The van der Waals surface area contributed by atoms with Crippen molar-refractivity contribution in [2.45, 2.75) is 131 Å². The van der Waals surface area contributed by atoms with Crippen molar-refractivity contribution < 1.29 is 0 Å². The van der Waals surface area contributed by atoms with Gasteiger partial charge in [0.2, 0.25) is 0 Å². The molecular formula is C20H50N4S2Si2Sn2. The summed E-state index contributed by atoms with van der Waals surface area (Å²) in [5.74, 6) is 0. The van der Waals surface area contributed by atoms with E-state index in [0.29, 0.717) is 0 Å². The minimum atomic E-state index is -1.72. The summed E-state index contributed by atoms with van der Waals surface area (Å²) in [5.41, 5.74) is 0.184. The Morgan fingerprint density at radius 2 is 0.500 bits per heavy atom. The van der Waals surface area contributed by atoms with Gasteiger partial charge in [0.15, 0.2) is 0 Å². The molecule has 0 fully saturated rings. The summed E-state index contributed by atoms with van der Waals surface area (Å²) in [6.07, 6.45) is 0. The van der Waals surface area contributed by atoms with Crippen LogP contribution in [0, 0.1) is 0 Å². The topological polar surface area (TPSA) is 56.4 Å². The minimum absolute atomic E-state index is 0. The van der Waals surface area contributed by atoms with Gasteiger partial charge in [-0.05, 0) is 0 Å². The molecule has 0 saturated carbocycles. The van der Waals surface area contributed by atoms with Crippen molar-refractivity contribution in [2.75, 3.05) is 0 Å². The molecule has 0 atom stereocenters. The summed E-state index contributed by atoms with van der Waals surface area (Å²) >= 11 is 0. The Morgan fingerprint density at radius 1 is 0.400 bits per heavy atom. The maximum Gasteiger partial charge on any atom is 4.00 e. The summed E-state index contributed by atoms with van der Waals surface area (Å²) in [5, 5.41) is 0. The molecule has 30 heavy (non-hydrogen) atoms. The van der Waals surface area contributed by atoms with Gasteiger partial charge in [-0.2, -0.15) is 16.8 Å². The number of rotatable bonds is 4. The van der Waals surface area contributed by atoms with Crippen LogP contribution in [0.15, 0.2) is 0 Å². The fraction of sp³-hybridized carbons (Fsp3) is 1.00. The minimum Gasteiger partial charge on any atom is -0.813 e. The number of thiol groups is 2. The van der Waals surface area contributed by atoms with Crippen molar-refractivity contribution in [3.63, 3.8) is 0 Å². The molecule has 0 rings (SSSR count). The third kappa shape index (κ3) is 37.9. The van der Waals surface area contributed by atoms with Crippen molar-refractivity contribution in [3.8, 4) is 0 Å². The number of nitrogens with zero attached hydrogens (tertiary/aromatic N) is 4. The summed E-state index contributed by atoms with van der Waals surface area (Å²) < 4.78 is 0. The molecule has 178 valence electrons. The van der Waals surface area contributed by atoms with E-state index in [4.69, 9.17) is 19.9 Å². The fourth-order valence-electron chi connectivity index (χ4n) is 3.33. The van der Waals surface area contributed by atoms with Crippen LogP contribution in [0.25, 0.3) is 19.9 Å². The van der Waals surface area contributed by atoms with Crippen LogP contribution in [-0.2, 0) is 27.0 Å². The van der Waals surface area contributed by atoms with E-state index >= 15 is 0 Å². The molecule has 2 radical (unpaired) electrons. The molecule has 0 amide bonds. The predicted octanol–water partition coefficient (Wildman–Crippen LogP) is 6.76. The maximum absolute atomic E-state index is 4.80. The smallest absolute Gasteiger partial charge is 0.813 e. The standard InChI is InChI=1S/2C10H24N2Si.2H2S.2Sn/c2*1-9(2,3)11-13(7,8)12-10(4,5)6;;;;/h2*1-8H3;2*1H2;;/q2*-2;;;+2;+4/p-2. The third-order valence-corrected chi connectivity index (χ3v) is 7.31. The zero-order valence-electron chi connectivity index (χ0n) is 22.7. The molecule has 0 aromatic rings. The van der Waals surface area contributed by atoms with Gasteiger partial charge in [-0.25, -0.2) is 0 Å². The third-order valence-electron chi connectivity index (χ3n) is 2.44. The molecule has 0 spiro atoms. The van der Waals surface area contributed by atoms with Gasteiger partial charge in [-0.15, -0.1) is 48.3 Å². The number of hydrogen-bond acceptors (Lipinski definition) is 2. The molecule has 0 bridgehead atoms. The Balaban J connectivity index is -0.0000000847. The number of hydrogen-bond donors (Lipinski definition) is 0. The molecule has 0 N–H and O–H groups in total. The van der Waals surface area contributed by atoms with E-state index in [1.54, 1.807) is 0 Å². The second-order valence-corrected chi connectivity index (χ2v) is 19.0. The van der Waals surface area contributed by atoms with Crippen molar-refractivity contribution in [1.29, 1.82) is 0 Å². The summed E-state index contributed by atoms with van der Waals surface area (Å²) in [6.45, 7) is 34.5. The van der Waals surface area contributed by atoms with Gasteiger partial charge in [0.25, 0.3) is 0 Å². The van der Waals surface area contributed by atoms with E-state index in [0.717, 1.165) is 0 Å². The zero-order valence-corrected chi connectivity index (χ0v) is 32.2. The Kier molecular flexibility index (Phi) is 25.0. The van der Waals surface area contributed by atoms with Crippen molar-refractivity contribution in [1.82, 2.24) is 0 Å². The van der Waals surface area contributed by atoms with Crippen LogP contribution in [0.1, 0.15) is 83.1 Å². The van der Waals surface area contributed by atoms with Crippen molar-refractivity contribution in [3.05, 3.63) is 19.9 Å². The van der Waals surface area contributed by atoms with E-state index in [9.17, 15) is 0 Å². The summed E-state index contributed by atoms with van der Waals surface area (Å²) in [4.78, 5) is 19.2. The molecule has 0 aliphatic carbocycles. The molecule has 0 aliphatic heterocycles. The quantitative estimate of drug-likeness (QED) is 0.185. The average Bonchev–Trinajstić information content (AvgIpc) is 1.97. The largest absolute Gasteiger partial charge is 4.00 e. The molecular weight excluding hydrogens is 654 g/mol. The van der Waals surface area contributed by atoms with Crippen LogP contribution in [0.5, 0.6) is 0 Å². The van der Waals surface area contributed by atoms with E-state index < -0.39 is 16.8 Å². The monoisotopic (exact) mass is 706 g/mol. The normalized spacial score (nSPS) is 12.8. The molecule has 0 saturated heterocycles. The fourth-order valence-corrected chi connectivity index (χ4v) is 10.00. The first kappa shape index (κ1) is 46.0. The van der Waals surface area contributed by atoms with E-state index in [-0.39, 0.29) is 97.0 Å². The second kappa shape index (κ2) is 16.3. The van der Waals surface area contributed by atoms with Crippen LogP contribution in [-0.4, -0.2) is 86.8 Å². The SMILES string of the molecule is CC(C)(C)[N-][Si](C)(C)[N-]C(C)(C)C.CC(C)(C)[N-][Si](C)(C)[N-]C(C)(C)C.[SH-].[SH-].[Sn+2].[Sn+4]. The van der Waals surface area contributed by atoms with Crippen molar-refractivity contribution in [2.24, 2.45) is 0 Å². The molecule has 0 aliphatic rings. The maximum atomic E-state index is 4.80. The summed E-state index contributed by atoms with van der Waals surface area (Å²) in [6, 6.07) is 0. The van der Waals surface area contributed by atoms with Crippen LogP contribution in [0.2, 0.25) is 26.2 Å². The van der Waals surface area contributed by atoms with Gasteiger partial charge in [0, 0.05) is 0 Å². The van der Waals surface area contributed by atoms with Crippen LogP contribution < -0.4 is 0 Å². The van der Waals surface area contributed by atoms with Crippen LogP contribution in [0.4, 0.5) is 0 Å². The van der Waals surface area contributed by atoms with Crippen LogP contribution >= 0.6 is 0 Å². The molecule has 0 unspecified atom stereocenters. The molecule has 4 nitrogen and oxygen atoms in total. The van der Waals surface area contributed by atoms with Gasteiger partial charge in [-0.1, -0.05) is 83.1 Å². The van der Waals surface area contributed by atoms with Gasteiger partial charge in [0.05, 0.1) is 0 Å². The Bertz CT molecular complexity index is 350. The van der Waals surface area contributed by atoms with Gasteiger partial charge < -0.3 is 46.9 Å². The van der Waals surface area contributed by atoms with Crippen molar-refractivity contribution >= 4 is 91.6 Å². The Labute approximate surface area is 241 Å². The zero-order chi connectivity index (χ0) is 21.8. The Morgan fingerprint density at radius 3 is 0.567 bits per heavy atom. The average molecular weight is 704 g/mol. The van der Waals surface area contributed by atoms with Crippen LogP contribution in [0.3, 0.4) is 0 Å². The molecule has 0 aromatic carbocycles. The Hall–Kier alpha value is 2.57. The molecule has 10 heteroatoms. The van der Waals surface area contributed by atoms with E-state index in [1.807, 2.05) is 0 Å².